The molecule has 3 aromatic rings. The van der Waals surface area contributed by atoms with Crippen molar-refractivity contribution in [2.75, 3.05) is 17.7 Å². The molecule has 0 spiro atoms. The van der Waals surface area contributed by atoms with E-state index in [0.717, 1.165) is 11.3 Å². The first-order chi connectivity index (χ1) is 13.5. The van der Waals surface area contributed by atoms with Crippen LogP contribution in [0.5, 0.6) is 5.75 Å². The maximum absolute atomic E-state index is 12.6. The first-order valence-electron chi connectivity index (χ1n) is 8.60. The average molecular weight is 395 g/mol. The molecule has 0 atom stereocenters. The fraction of sp³-hybridized carbons (Fsp3) is 0.0909. The van der Waals surface area contributed by atoms with E-state index in [1.165, 1.54) is 7.11 Å². The molecule has 0 aromatic heterocycles. The van der Waals surface area contributed by atoms with Gasteiger partial charge in [0, 0.05) is 16.8 Å². The van der Waals surface area contributed by atoms with Gasteiger partial charge in [-0.05, 0) is 55.0 Å². The summed E-state index contributed by atoms with van der Waals surface area (Å²) in [4.78, 5) is 25.1. The van der Waals surface area contributed by atoms with Crippen LogP contribution in [-0.2, 0) is 0 Å². The van der Waals surface area contributed by atoms with Gasteiger partial charge in [-0.25, -0.2) is 0 Å². The second-order valence-electron chi connectivity index (χ2n) is 6.15. The van der Waals surface area contributed by atoms with Gasteiger partial charge in [-0.3, -0.25) is 9.59 Å². The minimum atomic E-state index is -0.350. The summed E-state index contributed by atoms with van der Waals surface area (Å²) in [5.41, 5.74) is 2.84. The van der Waals surface area contributed by atoms with Crippen molar-refractivity contribution in [2.45, 2.75) is 6.92 Å². The molecule has 0 heterocycles. The normalized spacial score (nSPS) is 10.2. The van der Waals surface area contributed by atoms with Crippen LogP contribution in [0.3, 0.4) is 0 Å². The number of rotatable bonds is 5. The predicted molar refractivity (Wildman–Crippen MR) is 112 cm³/mol. The smallest absolute Gasteiger partial charge is 0.255 e. The number of ether oxygens (including phenoxy) is 1. The monoisotopic (exact) mass is 394 g/mol. The number of carbonyl (C=O) groups excluding carboxylic acids is 2. The second kappa shape index (κ2) is 8.59. The molecule has 0 radical (unpaired) electrons. The summed E-state index contributed by atoms with van der Waals surface area (Å²) in [7, 11) is 1.53. The van der Waals surface area contributed by atoms with E-state index in [-0.39, 0.29) is 11.8 Å². The van der Waals surface area contributed by atoms with Gasteiger partial charge in [0.25, 0.3) is 11.8 Å². The third kappa shape index (κ3) is 4.50. The highest BCUT2D eigenvalue weighted by Crippen LogP contribution is 2.25. The van der Waals surface area contributed by atoms with Crippen LogP contribution in [-0.4, -0.2) is 18.9 Å². The molecule has 6 heteroatoms. The van der Waals surface area contributed by atoms with Gasteiger partial charge in [0.15, 0.2) is 0 Å². The zero-order valence-electron chi connectivity index (χ0n) is 15.5. The first kappa shape index (κ1) is 19.5. The number of para-hydroxylation sites is 1. The Labute approximate surface area is 168 Å². The lowest BCUT2D eigenvalue weighted by atomic mass is 10.1. The Hall–Kier alpha value is -3.31. The number of nitrogens with one attached hydrogen (secondary N) is 2. The number of halogens is 1. The molecule has 142 valence electrons. The number of anilines is 2. The maximum Gasteiger partial charge on any atom is 0.255 e. The van der Waals surface area contributed by atoms with Crippen LogP contribution >= 0.6 is 11.6 Å². The van der Waals surface area contributed by atoms with Crippen molar-refractivity contribution in [3.05, 3.63) is 88.4 Å². The summed E-state index contributed by atoms with van der Waals surface area (Å²) >= 11 is 6.21. The number of amides is 2. The maximum atomic E-state index is 12.6. The molecule has 0 aliphatic carbocycles. The number of benzene rings is 3. The summed E-state index contributed by atoms with van der Waals surface area (Å²) < 4.78 is 5.14. The van der Waals surface area contributed by atoms with Gasteiger partial charge in [0.05, 0.1) is 17.8 Å². The minimum absolute atomic E-state index is 0.289. The zero-order chi connectivity index (χ0) is 20.1. The van der Waals surface area contributed by atoms with Crippen LogP contribution < -0.4 is 15.4 Å². The molecule has 0 aliphatic rings. The van der Waals surface area contributed by atoms with E-state index in [9.17, 15) is 9.59 Å². The van der Waals surface area contributed by atoms with Crippen molar-refractivity contribution in [3.63, 3.8) is 0 Å². The Balaban J connectivity index is 1.80. The number of hydrogen-bond donors (Lipinski definition) is 2. The van der Waals surface area contributed by atoms with Crippen LogP contribution in [0.2, 0.25) is 5.02 Å². The molecule has 0 saturated carbocycles. The lowest BCUT2D eigenvalue weighted by Crippen LogP contribution is -2.15. The van der Waals surface area contributed by atoms with E-state index in [0.29, 0.717) is 27.6 Å². The van der Waals surface area contributed by atoms with Gasteiger partial charge in [-0.15, -0.1) is 0 Å². The van der Waals surface area contributed by atoms with Crippen LogP contribution in [0.15, 0.2) is 66.7 Å². The van der Waals surface area contributed by atoms with E-state index in [1.807, 2.05) is 31.2 Å². The Kier molecular flexibility index (Phi) is 5.96. The third-order valence-electron chi connectivity index (χ3n) is 4.20. The lowest BCUT2D eigenvalue weighted by molar-refractivity contribution is 0.101. The van der Waals surface area contributed by atoms with Gasteiger partial charge in [0.1, 0.15) is 5.75 Å². The Morgan fingerprint density at radius 1 is 0.821 bits per heavy atom. The number of methoxy groups -OCH3 is 1. The second-order valence-corrected chi connectivity index (χ2v) is 6.56. The van der Waals surface area contributed by atoms with Gasteiger partial charge in [-0.2, -0.15) is 0 Å². The molecule has 0 fully saturated rings. The summed E-state index contributed by atoms with van der Waals surface area (Å²) in [5, 5.41) is 5.94. The number of carbonyl (C=O) groups is 2. The zero-order valence-corrected chi connectivity index (χ0v) is 16.2. The van der Waals surface area contributed by atoms with E-state index in [4.69, 9.17) is 16.3 Å². The van der Waals surface area contributed by atoms with Crippen molar-refractivity contribution >= 4 is 34.8 Å². The fourth-order valence-electron chi connectivity index (χ4n) is 2.63. The van der Waals surface area contributed by atoms with Crippen molar-refractivity contribution in [2.24, 2.45) is 0 Å². The first-order valence-corrected chi connectivity index (χ1v) is 8.97. The van der Waals surface area contributed by atoms with Crippen LogP contribution in [0.4, 0.5) is 11.4 Å². The summed E-state index contributed by atoms with van der Waals surface area (Å²) in [6.07, 6.45) is 0. The SMILES string of the molecule is COc1cccc(C(=O)Nc2cc(C(=O)Nc3ccccc3C)ccc2Cl)c1. The Morgan fingerprint density at radius 2 is 1.50 bits per heavy atom. The van der Waals surface area contributed by atoms with Crippen molar-refractivity contribution in [3.8, 4) is 5.75 Å². The standard InChI is InChI=1S/C22H19ClN2O3/c1-14-6-3-4-9-19(14)24-22(27)16-10-11-18(23)20(13-16)25-21(26)15-7-5-8-17(12-15)28-2/h3-13H,1-2H3,(H,24,27)(H,25,26). The molecule has 0 aliphatic heterocycles. The molecule has 28 heavy (non-hydrogen) atoms. The van der Waals surface area contributed by atoms with Crippen LogP contribution in [0.1, 0.15) is 26.3 Å². The molecule has 2 amide bonds. The molecular formula is C22H19ClN2O3. The lowest BCUT2D eigenvalue weighted by Gasteiger charge is -2.11. The van der Waals surface area contributed by atoms with E-state index < -0.39 is 0 Å². The Bertz CT molecular complexity index is 1030. The fourth-order valence-corrected chi connectivity index (χ4v) is 2.79. The molecule has 0 saturated heterocycles. The molecule has 0 bridgehead atoms. The highest BCUT2D eigenvalue weighted by atomic mass is 35.5. The average Bonchev–Trinajstić information content (AvgIpc) is 2.71. The summed E-state index contributed by atoms with van der Waals surface area (Å²) in [5.74, 6) is -0.0646. The van der Waals surface area contributed by atoms with Gasteiger partial charge in [0.2, 0.25) is 0 Å². The predicted octanol–water partition coefficient (Wildman–Crippen LogP) is 5.16. The van der Waals surface area contributed by atoms with Gasteiger partial charge in [-0.1, -0.05) is 35.9 Å². The molecule has 3 aromatic carbocycles. The largest absolute Gasteiger partial charge is 0.497 e. The van der Waals surface area contributed by atoms with Crippen LogP contribution in [0, 0.1) is 6.92 Å². The number of hydrogen-bond acceptors (Lipinski definition) is 3. The highest BCUT2D eigenvalue weighted by Gasteiger charge is 2.13. The van der Waals surface area contributed by atoms with E-state index in [2.05, 4.69) is 10.6 Å². The van der Waals surface area contributed by atoms with Crippen molar-refractivity contribution < 1.29 is 14.3 Å². The quantitative estimate of drug-likeness (QED) is 0.628. The molecule has 2 N–H and O–H groups in total. The Morgan fingerprint density at radius 3 is 2.21 bits per heavy atom. The van der Waals surface area contributed by atoms with Crippen molar-refractivity contribution in [1.29, 1.82) is 0 Å². The van der Waals surface area contributed by atoms with E-state index in [1.54, 1.807) is 42.5 Å². The minimum Gasteiger partial charge on any atom is -0.497 e. The summed E-state index contributed by atoms with van der Waals surface area (Å²) in [6, 6.07) is 19.0. The summed E-state index contributed by atoms with van der Waals surface area (Å²) in [6.45, 7) is 1.91. The highest BCUT2D eigenvalue weighted by molar-refractivity contribution is 6.34. The molecular weight excluding hydrogens is 376 g/mol. The topological polar surface area (TPSA) is 67.4 Å². The van der Waals surface area contributed by atoms with Gasteiger partial charge < -0.3 is 15.4 Å². The van der Waals surface area contributed by atoms with Gasteiger partial charge >= 0.3 is 0 Å². The third-order valence-corrected chi connectivity index (χ3v) is 4.53. The molecule has 3 rings (SSSR count). The van der Waals surface area contributed by atoms with E-state index >= 15 is 0 Å². The van der Waals surface area contributed by atoms with Crippen molar-refractivity contribution in [1.82, 2.24) is 0 Å². The number of aryl methyl sites for hydroxylation is 1. The molecule has 0 unspecified atom stereocenters. The molecule has 5 nitrogen and oxygen atoms in total. The van der Waals surface area contributed by atoms with Crippen LogP contribution in [0.25, 0.3) is 0 Å².